The molecule has 1 atom stereocenters. The predicted octanol–water partition coefficient (Wildman–Crippen LogP) is 4.34. The van der Waals surface area contributed by atoms with E-state index >= 15 is 0 Å². The lowest BCUT2D eigenvalue weighted by Gasteiger charge is -2.15. The number of alkyl halides is 3. The summed E-state index contributed by atoms with van der Waals surface area (Å²) in [6.07, 6.45) is -3.74. The van der Waals surface area contributed by atoms with Crippen molar-refractivity contribution in [3.05, 3.63) is 76.2 Å². The lowest BCUT2D eigenvalue weighted by Crippen LogP contribution is -2.15. The van der Waals surface area contributed by atoms with Gasteiger partial charge in [-0.25, -0.2) is 14.4 Å². The van der Waals surface area contributed by atoms with Crippen molar-refractivity contribution >= 4 is 23.4 Å². The van der Waals surface area contributed by atoms with Gasteiger partial charge in [0, 0.05) is 24.4 Å². The molecule has 4 rings (SSSR count). The molecule has 4 aromatic rings. The van der Waals surface area contributed by atoms with Crippen molar-refractivity contribution in [3.8, 4) is 11.4 Å². The molecule has 0 radical (unpaired) electrons. The van der Waals surface area contributed by atoms with Crippen LogP contribution < -0.4 is 0 Å². The minimum absolute atomic E-state index is 0.00273. The van der Waals surface area contributed by atoms with E-state index in [0.717, 1.165) is 12.3 Å². The molecule has 0 fully saturated rings. The van der Waals surface area contributed by atoms with Gasteiger partial charge in [0.1, 0.15) is 29.0 Å². The minimum atomic E-state index is -4.68. The van der Waals surface area contributed by atoms with Crippen LogP contribution >= 0.6 is 11.6 Å². The predicted molar refractivity (Wildman–Crippen MR) is 121 cm³/mol. The third kappa shape index (κ3) is 6.02. The Morgan fingerprint density at radius 1 is 1.18 bits per heavy atom. The van der Waals surface area contributed by atoms with Crippen LogP contribution in [0, 0.1) is 5.82 Å². The van der Waals surface area contributed by atoms with Crippen molar-refractivity contribution in [2.75, 3.05) is 0 Å². The molecule has 0 aliphatic carbocycles. The molecule has 38 heavy (non-hydrogen) atoms. The molecule has 10 nitrogen and oxygen atoms in total. The third-order valence-electron chi connectivity index (χ3n) is 5.32. The van der Waals surface area contributed by atoms with Crippen molar-refractivity contribution in [2.45, 2.75) is 32.0 Å². The zero-order chi connectivity index (χ0) is 27.6. The van der Waals surface area contributed by atoms with Crippen LogP contribution in [0.2, 0.25) is 5.15 Å². The SMILES string of the molecule is C[C@@H](OC(=O)Cc1c(-c2ccc(C(=O)Cc3nc(C(F)(F)F)co3)cn2)nnn1C)c1cc(F)cnc1Cl. The Kier molecular flexibility index (Phi) is 7.53. The summed E-state index contributed by atoms with van der Waals surface area (Å²) in [5, 5.41) is 7.92. The van der Waals surface area contributed by atoms with E-state index in [9.17, 15) is 27.2 Å². The van der Waals surface area contributed by atoms with Gasteiger partial charge < -0.3 is 9.15 Å². The second-order valence-electron chi connectivity index (χ2n) is 8.01. The Bertz CT molecular complexity index is 1490. The zero-order valence-corrected chi connectivity index (χ0v) is 20.4. The van der Waals surface area contributed by atoms with E-state index in [1.165, 1.54) is 29.9 Å². The normalized spacial score (nSPS) is 12.4. The Morgan fingerprint density at radius 2 is 1.95 bits per heavy atom. The average molecular weight is 553 g/mol. The topological polar surface area (TPSA) is 126 Å². The fourth-order valence-corrected chi connectivity index (χ4v) is 3.65. The number of hydrogen-bond acceptors (Lipinski definition) is 9. The van der Waals surface area contributed by atoms with E-state index in [-0.39, 0.29) is 40.0 Å². The summed E-state index contributed by atoms with van der Waals surface area (Å²) in [6.45, 7) is 1.52. The summed E-state index contributed by atoms with van der Waals surface area (Å²) in [7, 11) is 1.55. The summed E-state index contributed by atoms with van der Waals surface area (Å²) in [5.74, 6) is -2.27. The number of aromatic nitrogens is 6. The standard InChI is InChI=1S/C23H17ClF4N6O4/c1-11(14-5-13(25)9-30-22(14)24)38-20(36)6-16-21(32-33-34(16)2)15-4-3-12(8-29-15)17(35)7-19-31-18(10-37-19)23(26,27)28/h3-5,8-11H,6-7H2,1-2H3/t11-/m1/s1. The van der Waals surface area contributed by atoms with Crippen molar-refractivity contribution < 1.29 is 36.3 Å². The van der Waals surface area contributed by atoms with Gasteiger partial charge in [0.25, 0.3) is 0 Å². The minimum Gasteiger partial charge on any atom is -0.457 e. The molecular formula is C23H17ClF4N6O4. The Morgan fingerprint density at radius 3 is 2.61 bits per heavy atom. The van der Waals surface area contributed by atoms with E-state index in [1.807, 2.05) is 0 Å². The Hall–Kier alpha value is -4.20. The van der Waals surface area contributed by atoms with Crippen molar-refractivity contribution in [1.29, 1.82) is 0 Å². The van der Waals surface area contributed by atoms with E-state index in [0.29, 0.717) is 12.0 Å². The number of esters is 1. The summed E-state index contributed by atoms with van der Waals surface area (Å²) < 4.78 is 63.0. The number of ketones is 1. The highest BCUT2D eigenvalue weighted by Crippen LogP contribution is 2.29. The van der Waals surface area contributed by atoms with Crippen LogP contribution in [-0.4, -0.2) is 41.7 Å². The smallest absolute Gasteiger partial charge is 0.436 e. The number of oxazole rings is 1. The summed E-state index contributed by atoms with van der Waals surface area (Å²) in [6, 6.07) is 3.97. The monoisotopic (exact) mass is 552 g/mol. The molecule has 0 aliphatic heterocycles. The first kappa shape index (κ1) is 26.9. The summed E-state index contributed by atoms with van der Waals surface area (Å²) in [4.78, 5) is 36.2. The molecule has 0 aliphatic rings. The number of pyridine rings is 2. The van der Waals surface area contributed by atoms with E-state index in [1.54, 1.807) is 7.05 Å². The first-order valence-electron chi connectivity index (χ1n) is 10.8. The molecule has 0 bridgehead atoms. The molecule has 0 saturated carbocycles. The van der Waals surface area contributed by atoms with Crippen LogP contribution in [0.4, 0.5) is 17.6 Å². The molecule has 0 spiro atoms. The molecule has 0 N–H and O–H groups in total. The first-order chi connectivity index (χ1) is 17.9. The van der Waals surface area contributed by atoms with Gasteiger partial charge in [-0.15, -0.1) is 5.10 Å². The van der Waals surface area contributed by atoms with Crippen molar-refractivity contribution in [3.63, 3.8) is 0 Å². The van der Waals surface area contributed by atoms with Gasteiger partial charge >= 0.3 is 12.1 Å². The van der Waals surface area contributed by atoms with E-state index in [2.05, 4.69) is 25.3 Å². The quantitative estimate of drug-likeness (QED) is 0.136. The summed E-state index contributed by atoms with van der Waals surface area (Å²) in [5.41, 5.74) is -0.0730. The van der Waals surface area contributed by atoms with Gasteiger partial charge in [-0.3, -0.25) is 19.3 Å². The van der Waals surface area contributed by atoms with E-state index < -0.39 is 42.0 Å². The highest BCUT2D eigenvalue weighted by atomic mass is 35.5. The van der Waals surface area contributed by atoms with Crippen LogP contribution in [-0.2, 0) is 35.6 Å². The maximum atomic E-state index is 13.5. The molecular weight excluding hydrogens is 536 g/mol. The fraction of sp³-hybridized carbons (Fsp3) is 0.261. The fourth-order valence-electron chi connectivity index (χ4n) is 3.40. The number of aryl methyl sites for hydroxylation is 1. The lowest BCUT2D eigenvalue weighted by molar-refractivity contribution is -0.148. The van der Waals surface area contributed by atoms with Crippen LogP contribution in [0.25, 0.3) is 11.4 Å². The van der Waals surface area contributed by atoms with Gasteiger partial charge in [-0.1, -0.05) is 16.8 Å². The highest BCUT2D eigenvalue weighted by molar-refractivity contribution is 6.30. The maximum absolute atomic E-state index is 13.5. The van der Waals surface area contributed by atoms with Crippen molar-refractivity contribution in [1.82, 2.24) is 29.9 Å². The highest BCUT2D eigenvalue weighted by Gasteiger charge is 2.35. The maximum Gasteiger partial charge on any atom is 0.436 e. The van der Waals surface area contributed by atoms with Crippen LogP contribution in [0.1, 0.15) is 46.2 Å². The molecule has 198 valence electrons. The number of carbonyl (C=O) groups excluding carboxylic acids is 2. The number of halogens is 5. The molecule has 0 aromatic carbocycles. The van der Waals surface area contributed by atoms with Gasteiger partial charge in [0.2, 0.25) is 5.89 Å². The van der Waals surface area contributed by atoms with E-state index in [4.69, 9.17) is 20.8 Å². The van der Waals surface area contributed by atoms with Gasteiger partial charge in [0.15, 0.2) is 11.5 Å². The molecule has 0 unspecified atom stereocenters. The largest absolute Gasteiger partial charge is 0.457 e. The summed E-state index contributed by atoms with van der Waals surface area (Å²) >= 11 is 5.97. The number of nitrogens with zero attached hydrogens (tertiary/aromatic N) is 6. The van der Waals surface area contributed by atoms with Crippen LogP contribution in [0.15, 0.2) is 41.3 Å². The number of carbonyl (C=O) groups is 2. The molecule has 4 aromatic heterocycles. The Labute approximate surface area is 216 Å². The second kappa shape index (κ2) is 10.7. The third-order valence-corrected chi connectivity index (χ3v) is 5.63. The van der Waals surface area contributed by atoms with Gasteiger partial charge in [0.05, 0.1) is 30.4 Å². The van der Waals surface area contributed by atoms with Gasteiger partial charge in [-0.2, -0.15) is 13.2 Å². The van der Waals surface area contributed by atoms with Crippen LogP contribution in [0.3, 0.4) is 0 Å². The second-order valence-corrected chi connectivity index (χ2v) is 8.37. The molecule has 15 heteroatoms. The zero-order valence-electron chi connectivity index (χ0n) is 19.7. The number of hydrogen-bond donors (Lipinski definition) is 0. The molecule has 0 saturated heterocycles. The van der Waals surface area contributed by atoms with Gasteiger partial charge in [-0.05, 0) is 25.1 Å². The Balaban J connectivity index is 1.45. The number of ether oxygens (including phenoxy) is 1. The van der Waals surface area contributed by atoms with Crippen molar-refractivity contribution in [2.24, 2.45) is 7.05 Å². The lowest BCUT2D eigenvalue weighted by atomic mass is 10.1. The number of Topliss-reactive ketones (excluding diaryl/α,β-unsaturated/α-hetero) is 1. The average Bonchev–Trinajstić information content (AvgIpc) is 3.47. The molecule has 4 heterocycles. The number of rotatable bonds is 8. The van der Waals surface area contributed by atoms with Crippen LogP contribution in [0.5, 0.6) is 0 Å². The molecule has 0 amide bonds. The first-order valence-corrected chi connectivity index (χ1v) is 11.2.